The number of hydrogen-bond donors (Lipinski definition) is 2. The Bertz CT molecular complexity index is 698. The summed E-state index contributed by atoms with van der Waals surface area (Å²) in [5.41, 5.74) is 7.11. The minimum absolute atomic E-state index is 0.161. The van der Waals surface area contributed by atoms with Gasteiger partial charge < -0.3 is 5.21 Å². The highest BCUT2D eigenvalue weighted by Crippen LogP contribution is 2.09. The van der Waals surface area contributed by atoms with Crippen LogP contribution in [0.4, 0.5) is 0 Å². The summed E-state index contributed by atoms with van der Waals surface area (Å²) >= 11 is 0. The smallest absolute Gasteiger partial charge is 0.275 e. The predicted octanol–water partition coefficient (Wildman–Crippen LogP) is 1.01. The third kappa shape index (κ3) is 3.56. The van der Waals surface area contributed by atoms with Crippen LogP contribution in [-0.4, -0.2) is 11.8 Å². The molecular formula is C15H15N3O3. The van der Waals surface area contributed by atoms with Crippen molar-refractivity contribution in [1.82, 2.24) is 10.9 Å². The number of amides is 2. The van der Waals surface area contributed by atoms with Crippen LogP contribution in [0.25, 0.3) is 0 Å². The minimum atomic E-state index is -0.557. The van der Waals surface area contributed by atoms with Gasteiger partial charge >= 0.3 is 0 Å². The molecule has 2 rings (SSSR count). The van der Waals surface area contributed by atoms with Crippen LogP contribution in [0.2, 0.25) is 0 Å². The minimum Gasteiger partial charge on any atom is -0.619 e. The van der Waals surface area contributed by atoms with Gasteiger partial charge in [0.2, 0.25) is 0 Å². The summed E-state index contributed by atoms with van der Waals surface area (Å²) in [7, 11) is 0. The van der Waals surface area contributed by atoms with Gasteiger partial charge in [-0.2, -0.15) is 4.73 Å². The summed E-state index contributed by atoms with van der Waals surface area (Å²) in [4.78, 5) is 23.8. The number of rotatable bonds is 2. The molecule has 0 fully saturated rings. The lowest BCUT2D eigenvalue weighted by Gasteiger charge is -2.09. The molecule has 6 nitrogen and oxygen atoms in total. The van der Waals surface area contributed by atoms with E-state index in [4.69, 9.17) is 0 Å². The first-order chi connectivity index (χ1) is 9.97. The highest BCUT2D eigenvalue weighted by atomic mass is 16.5. The molecule has 2 amide bonds. The summed E-state index contributed by atoms with van der Waals surface area (Å²) in [6.45, 7) is 3.76. The zero-order valence-corrected chi connectivity index (χ0v) is 11.7. The topological polar surface area (TPSA) is 85.1 Å². The zero-order valence-electron chi connectivity index (χ0n) is 11.7. The Kier molecular flexibility index (Phi) is 4.18. The molecule has 21 heavy (non-hydrogen) atoms. The molecule has 0 saturated heterocycles. The van der Waals surface area contributed by atoms with Crippen LogP contribution < -0.4 is 15.6 Å². The Balaban J connectivity index is 2.02. The van der Waals surface area contributed by atoms with Crippen molar-refractivity contribution >= 4 is 11.8 Å². The Morgan fingerprint density at radius 2 is 1.81 bits per heavy atom. The van der Waals surface area contributed by atoms with Crippen molar-refractivity contribution in [2.75, 3.05) is 0 Å². The summed E-state index contributed by atoms with van der Waals surface area (Å²) < 4.78 is 0.515. The second kappa shape index (κ2) is 6.04. The van der Waals surface area contributed by atoms with Gasteiger partial charge in [-0.15, -0.1) is 0 Å². The van der Waals surface area contributed by atoms with Crippen molar-refractivity contribution in [3.8, 4) is 0 Å². The number of hydrogen-bond acceptors (Lipinski definition) is 3. The number of pyridine rings is 1. The molecule has 0 unspecified atom stereocenters. The van der Waals surface area contributed by atoms with Gasteiger partial charge in [0.05, 0.1) is 0 Å². The average molecular weight is 285 g/mol. The number of carbonyl (C=O) groups excluding carboxylic acids is 2. The Morgan fingerprint density at radius 1 is 1.10 bits per heavy atom. The molecule has 0 spiro atoms. The maximum Gasteiger partial charge on any atom is 0.275 e. The number of nitrogens with zero attached hydrogens (tertiary/aromatic N) is 1. The first-order valence-corrected chi connectivity index (χ1v) is 6.34. The van der Waals surface area contributed by atoms with Gasteiger partial charge in [-0.25, -0.2) is 0 Å². The maximum atomic E-state index is 12.0. The monoisotopic (exact) mass is 285 g/mol. The number of carbonyl (C=O) groups is 2. The molecule has 0 radical (unpaired) electrons. The van der Waals surface area contributed by atoms with Gasteiger partial charge in [-0.3, -0.25) is 20.4 Å². The molecule has 1 aromatic heterocycles. The van der Waals surface area contributed by atoms with E-state index in [9.17, 15) is 14.8 Å². The first kappa shape index (κ1) is 14.5. The molecule has 0 aliphatic rings. The summed E-state index contributed by atoms with van der Waals surface area (Å²) in [5, 5.41) is 11.1. The lowest BCUT2D eigenvalue weighted by Crippen LogP contribution is -2.42. The van der Waals surface area contributed by atoms with Crippen molar-refractivity contribution < 1.29 is 14.3 Å². The third-order valence-electron chi connectivity index (χ3n) is 2.95. The molecule has 108 valence electrons. The third-order valence-corrected chi connectivity index (χ3v) is 2.95. The fraction of sp³-hybridized carbons (Fsp3) is 0.133. The Hall–Kier alpha value is -2.89. The van der Waals surface area contributed by atoms with Crippen molar-refractivity contribution in [3.63, 3.8) is 0 Å². The molecule has 1 heterocycles. The molecular weight excluding hydrogens is 270 g/mol. The van der Waals surface area contributed by atoms with E-state index in [-0.39, 0.29) is 5.56 Å². The Labute approximate surface area is 122 Å². The molecule has 2 N–H and O–H groups in total. The number of aryl methyl sites for hydroxylation is 2. The maximum absolute atomic E-state index is 12.0. The highest BCUT2D eigenvalue weighted by Gasteiger charge is 2.12. The van der Waals surface area contributed by atoms with Gasteiger partial charge in [-0.05, 0) is 31.5 Å². The van der Waals surface area contributed by atoms with Crippen LogP contribution in [-0.2, 0) is 0 Å². The molecule has 0 saturated carbocycles. The molecule has 0 aliphatic carbocycles. The van der Waals surface area contributed by atoms with Gasteiger partial charge in [0.15, 0.2) is 12.4 Å². The van der Waals surface area contributed by atoms with Crippen LogP contribution in [0.3, 0.4) is 0 Å². The normalized spacial score (nSPS) is 10.0. The van der Waals surface area contributed by atoms with Gasteiger partial charge in [0, 0.05) is 11.6 Å². The number of benzene rings is 1. The second-order valence-electron chi connectivity index (χ2n) is 4.68. The lowest BCUT2D eigenvalue weighted by atomic mass is 10.1. The number of nitrogens with one attached hydrogen (secondary N) is 2. The van der Waals surface area contributed by atoms with Gasteiger partial charge in [0.25, 0.3) is 11.8 Å². The zero-order chi connectivity index (χ0) is 15.4. The molecule has 0 atom stereocenters. The number of hydrazine groups is 1. The van der Waals surface area contributed by atoms with E-state index in [0.717, 1.165) is 17.3 Å². The SMILES string of the molecule is Cc1ccc(C(=O)NNC(=O)c2ccc[n+]([O-])c2)c(C)c1. The molecule has 1 aromatic carbocycles. The van der Waals surface area contributed by atoms with Gasteiger partial charge in [-0.1, -0.05) is 17.7 Å². The fourth-order valence-corrected chi connectivity index (χ4v) is 1.91. The highest BCUT2D eigenvalue weighted by molar-refractivity contribution is 5.99. The van der Waals surface area contributed by atoms with Crippen molar-refractivity contribution in [2.24, 2.45) is 0 Å². The largest absolute Gasteiger partial charge is 0.619 e. The number of aromatic nitrogens is 1. The van der Waals surface area contributed by atoms with E-state index in [2.05, 4.69) is 10.9 Å². The summed E-state index contributed by atoms with van der Waals surface area (Å²) in [6.07, 6.45) is 2.39. The van der Waals surface area contributed by atoms with Crippen molar-refractivity contribution in [2.45, 2.75) is 13.8 Å². The lowest BCUT2D eigenvalue weighted by molar-refractivity contribution is -0.605. The van der Waals surface area contributed by atoms with E-state index >= 15 is 0 Å². The van der Waals surface area contributed by atoms with Crippen LogP contribution in [0.5, 0.6) is 0 Å². The molecule has 2 aromatic rings. The second-order valence-corrected chi connectivity index (χ2v) is 4.68. The van der Waals surface area contributed by atoms with E-state index in [1.807, 2.05) is 26.0 Å². The molecule has 0 bridgehead atoms. The summed E-state index contributed by atoms with van der Waals surface area (Å²) in [5.74, 6) is -0.968. The van der Waals surface area contributed by atoms with E-state index in [1.165, 1.54) is 18.3 Å². The predicted molar refractivity (Wildman–Crippen MR) is 76.3 cm³/mol. The van der Waals surface area contributed by atoms with Crippen LogP contribution in [0.1, 0.15) is 31.8 Å². The van der Waals surface area contributed by atoms with E-state index in [1.54, 1.807) is 6.07 Å². The molecule has 0 aliphatic heterocycles. The Morgan fingerprint density at radius 3 is 2.48 bits per heavy atom. The molecule has 6 heteroatoms. The van der Waals surface area contributed by atoms with Crippen LogP contribution in [0.15, 0.2) is 42.7 Å². The van der Waals surface area contributed by atoms with Crippen molar-refractivity contribution in [1.29, 1.82) is 0 Å². The first-order valence-electron chi connectivity index (χ1n) is 6.34. The summed E-state index contributed by atoms with van der Waals surface area (Å²) in [6, 6.07) is 8.33. The standard InChI is InChI=1S/C15H15N3O3/c1-10-5-6-13(11(2)8-10)15(20)17-16-14(19)12-4-3-7-18(21)9-12/h3-9H,1-2H3,(H,16,19)(H,17,20). The fourth-order valence-electron chi connectivity index (χ4n) is 1.91. The van der Waals surface area contributed by atoms with Crippen LogP contribution in [0, 0.1) is 19.1 Å². The van der Waals surface area contributed by atoms with E-state index in [0.29, 0.717) is 10.3 Å². The van der Waals surface area contributed by atoms with Crippen molar-refractivity contribution in [3.05, 3.63) is 70.2 Å². The quantitative estimate of drug-likeness (QED) is 0.490. The van der Waals surface area contributed by atoms with E-state index < -0.39 is 11.8 Å². The average Bonchev–Trinajstić information content (AvgIpc) is 2.44. The van der Waals surface area contributed by atoms with Gasteiger partial charge in [0.1, 0.15) is 5.56 Å². The van der Waals surface area contributed by atoms with Crippen LogP contribution >= 0.6 is 0 Å².